The summed E-state index contributed by atoms with van der Waals surface area (Å²) >= 11 is 1.81. The Morgan fingerprint density at radius 2 is 1.87 bits per heavy atom. The molecule has 0 bridgehead atoms. The number of ether oxygens (including phenoxy) is 1. The van der Waals surface area contributed by atoms with Gasteiger partial charge in [0.05, 0.1) is 23.7 Å². The van der Waals surface area contributed by atoms with Gasteiger partial charge in [-0.25, -0.2) is 0 Å². The molecule has 2 N–H and O–H groups in total. The average Bonchev–Trinajstić information content (AvgIpc) is 3.27. The third-order valence-electron chi connectivity index (χ3n) is 5.30. The largest absolute Gasteiger partial charge is 0.493 e. The summed E-state index contributed by atoms with van der Waals surface area (Å²) < 4.78 is 5.83. The van der Waals surface area contributed by atoms with E-state index in [1.165, 1.54) is 20.9 Å². The number of aryl methyl sites for hydroxylation is 1. The van der Waals surface area contributed by atoms with Crippen molar-refractivity contribution in [3.63, 3.8) is 0 Å². The molecule has 0 amide bonds. The number of fused-ring (bicyclic) bond motifs is 1. The first kappa shape index (κ1) is 21.3. The summed E-state index contributed by atoms with van der Waals surface area (Å²) in [5.41, 5.74) is 3.46. The van der Waals surface area contributed by atoms with Crippen molar-refractivity contribution in [1.29, 1.82) is 0 Å². The van der Waals surface area contributed by atoms with Gasteiger partial charge in [-0.15, -0.1) is 16.4 Å². The second-order valence-electron chi connectivity index (χ2n) is 7.50. The number of thiophene rings is 1. The van der Waals surface area contributed by atoms with Gasteiger partial charge in [-0.1, -0.05) is 36.4 Å². The maximum absolute atomic E-state index is 5.83. The standard InChI is InChI=1S/C25H28N4OS/c1-5-30-21-12-8-11-20-24(21)17(3)28-29-25(20)27-16(2)22-13-14-23(31-22)19-10-7-6-9-18(19)15-26-4/h6-14,16,26H,5,15H2,1-4H3,(H,27,29). The fourth-order valence-corrected chi connectivity index (χ4v) is 4.90. The maximum atomic E-state index is 5.83. The maximum Gasteiger partial charge on any atom is 0.157 e. The molecule has 4 rings (SSSR count). The molecule has 0 aliphatic carbocycles. The van der Waals surface area contributed by atoms with Crippen LogP contribution in [0.15, 0.2) is 54.6 Å². The monoisotopic (exact) mass is 432 g/mol. The molecule has 0 saturated heterocycles. The van der Waals surface area contributed by atoms with Crippen LogP contribution in [0, 0.1) is 6.92 Å². The smallest absolute Gasteiger partial charge is 0.157 e. The summed E-state index contributed by atoms with van der Waals surface area (Å²) in [4.78, 5) is 2.53. The van der Waals surface area contributed by atoms with Crippen molar-refractivity contribution in [3.8, 4) is 16.2 Å². The molecular formula is C25H28N4OS. The van der Waals surface area contributed by atoms with E-state index in [0.717, 1.165) is 34.6 Å². The molecule has 0 aliphatic heterocycles. The third-order valence-corrected chi connectivity index (χ3v) is 6.60. The first-order valence-corrected chi connectivity index (χ1v) is 11.4. The predicted octanol–water partition coefficient (Wildman–Crippen LogP) is 5.96. The van der Waals surface area contributed by atoms with Gasteiger partial charge in [-0.2, -0.15) is 5.10 Å². The molecule has 6 heteroatoms. The van der Waals surface area contributed by atoms with E-state index in [2.05, 4.69) is 70.2 Å². The molecule has 2 heterocycles. The van der Waals surface area contributed by atoms with E-state index in [9.17, 15) is 0 Å². The molecule has 1 unspecified atom stereocenters. The Morgan fingerprint density at radius 1 is 1.03 bits per heavy atom. The number of nitrogens with one attached hydrogen (secondary N) is 2. The zero-order valence-electron chi connectivity index (χ0n) is 18.4. The van der Waals surface area contributed by atoms with Crippen molar-refractivity contribution in [2.75, 3.05) is 19.0 Å². The van der Waals surface area contributed by atoms with Gasteiger partial charge in [-0.05, 0) is 57.1 Å². The molecule has 160 valence electrons. The Kier molecular flexibility index (Phi) is 6.49. The second-order valence-corrected chi connectivity index (χ2v) is 8.62. The number of hydrogen-bond acceptors (Lipinski definition) is 6. The molecule has 4 aromatic rings. The SMILES string of the molecule is CCOc1cccc2c(NC(C)c3ccc(-c4ccccc4CNC)s3)nnc(C)c12. The Hall–Kier alpha value is -2.96. The molecule has 5 nitrogen and oxygen atoms in total. The summed E-state index contributed by atoms with van der Waals surface area (Å²) in [7, 11) is 1.98. The number of nitrogens with zero attached hydrogens (tertiary/aromatic N) is 2. The summed E-state index contributed by atoms with van der Waals surface area (Å²) in [6.45, 7) is 7.60. The van der Waals surface area contributed by atoms with Crippen LogP contribution in [-0.2, 0) is 6.54 Å². The fourth-order valence-electron chi connectivity index (χ4n) is 3.82. The molecule has 0 radical (unpaired) electrons. The molecule has 2 aromatic heterocycles. The van der Waals surface area contributed by atoms with Crippen molar-refractivity contribution in [2.24, 2.45) is 0 Å². The number of anilines is 1. The Balaban J connectivity index is 1.63. The van der Waals surface area contributed by atoms with Crippen LogP contribution in [0.4, 0.5) is 5.82 Å². The van der Waals surface area contributed by atoms with Crippen molar-refractivity contribution in [2.45, 2.75) is 33.4 Å². The van der Waals surface area contributed by atoms with E-state index in [1.54, 1.807) is 0 Å². The first-order chi connectivity index (χ1) is 15.1. The van der Waals surface area contributed by atoms with Crippen molar-refractivity contribution >= 4 is 27.9 Å². The lowest BCUT2D eigenvalue weighted by Gasteiger charge is -2.16. The topological polar surface area (TPSA) is 59.1 Å². The van der Waals surface area contributed by atoms with Crippen LogP contribution in [0.5, 0.6) is 5.75 Å². The van der Waals surface area contributed by atoms with Crippen LogP contribution in [-0.4, -0.2) is 23.9 Å². The number of aromatic nitrogens is 2. The first-order valence-electron chi connectivity index (χ1n) is 10.6. The highest BCUT2D eigenvalue weighted by Gasteiger charge is 2.16. The minimum Gasteiger partial charge on any atom is -0.493 e. The number of hydrogen-bond donors (Lipinski definition) is 2. The quantitative estimate of drug-likeness (QED) is 0.360. The highest BCUT2D eigenvalue weighted by Crippen LogP contribution is 2.36. The normalized spacial score (nSPS) is 12.1. The van der Waals surface area contributed by atoms with Gasteiger partial charge in [0, 0.05) is 21.7 Å². The van der Waals surface area contributed by atoms with E-state index in [-0.39, 0.29) is 6.04 Å². The highest BCUT2D eigenvalue weighted by molar-refractivity contribution is 7.15. The van der Waals surface area contributed by atoms with Crippen LogP contribution < -0.4 is 15.4 Å². The molecule has 2 aromatic carbocycles. The average molecular weight is 433 g/mol. The van der Waals surface area contributed by atoms with Gasteiger partial charge in [-0.3, -0.25) is 0 Å². The lowest BCUT2D eigenvalue weighted by atomic mass is 10.1. The zero-order chi connectivity index (χ0) is 21.8. The third kappa shape index (κ3) is 4.40. The minimum atomic E-state index is 0.103. The van der Waals surface area contributed by atoms with E-state index < -0.39 is 0 Å². The molecule has 0 fully saturated rings. The van der Waals surface area contributed by atoms with Crippen LogP contribution in [0.3, 0.4) is 0 Å². The molecule has 31 heavy (non-hydrogen) atoms. The fraction of sp³-hybridized carbons (Fsp3) is 0.280. The van der Waals surface area contributed by atoms with Gasteiger partial charge in [0.25, 0.3) is 0 Å². The van der Waals surface area contributed by atoms with Crippen molar-refractivity contribution < 1.29 is 4.74 Å². The van der Waals surface area contributed by atoms with E-state index in [1.807, 2.05) is 44.4 Å². The van der Waals surface area contributed by atoms with E-state index in [0.29, 0.717) is 6.61 Å². The summed E-state index contributed by atoms with van der Waals surface area (Å²) in [5, 5.41) is 17.7. The van der Waals surface area contributed by atoms with E-state index >= 15 is 0 Å². The zero-order valence-corrected chi connectivity index (χ0v) is 19.2. The Morgan fingerprint density at radius 3 is 2.68 bits per heavy atom. The molecule has 1 atom stereocenters. The number of benzene rings is 2. The summed E-state index contributed by atoms with van der Waals surface area (Å²) in [5.74, 6) is 1.63. The molecular weight excluding hydrogens is 404 g/mol. The Labute approximate surface area is 187 Å². The van der Waals surface area contributed by atoms with Crippen molar-refractivity contribution in [1.82, 2.24) is 15.5 Å². The molecule has 0 aliphatic rings. The van der Waals surface area contributed by atoms with Crippen LogP contribution in [0.25, 0.3) is 21.2 Å². The highest BCUT2D eigenvalue weighted by atomic mass is 32.1. The van der Waals surface area contributed by atoms with Gasteiger partial charge in [0.15, 0.2) is 5.82 Å². The molecule has 0 spiro atoms. The summed E-state index contributed by atoms with van der Waals surface area (Å²) in [6.07, 6.45) is 0. The lowest BCUT2D eigenvalue weighted by Crippen LogP contribution is -2.08. The second kappa shape index (κ2) is 9.45. The molecule has 0 saturated carbocycles. The predicted molar refractivity (Wildman–Crippen MR) is 130 cm³/mol. The van der Waals surface area contributed by atoms with Crippen LogP contribution in [0.1, 0.15) is 36.0 Å². The van der Waals surface area contributed by atoms with Crippen molar-refractivity contribution in [3.05, 3.63) is 70.7 Å². The van der Waals surface area contributed by atoms with Gasteiger partial charge < -0.3 is 15.4 Å². The lowest BCUT2D eigenvalue weighted by molar-refractivity contribution is 0.344. The van der Waals surface area contributed by atoms with Crippen LogP contribution >= 0.6 is 11.3 Å². The van der Waals surface area contributed by atoms with Gasteiger partial charge in [0.2, 0.25) is 0 Å². The van der Waals surface area contributed by atoms with Gasteiger partial charge >= 0.3 is 0 Å². The van der Waals surface area contributed by atoms with E-state index in [4.69, 9.17) is 4.74 Å². The van der Waals surface area contributed by atoms with Crippen LogP contribution in [0.2, 0.25) is 0 Å². The van der Waals surface area contributed by atoms with Gasteiger partial charge in [0.1, 0.15) is 5.75 Å². The number of rotatable bonds is 8. The summed E-state index contributed by atoms with van der Waals surface area (Å²) in [6, 6.07) is 19.1. The Bertz CT molecular complexity index is 1190. The minimum absolute atomic E-state index is 0.103.